The summed E-state index contributed by atoms with van der Waals surface area (Å²) in [5.74, 6) is 0. The maximum absolute atomic E-state index is 3.98. The summed E-state index contributed by atoms with van der Waals surface area (Å²) in [7, 11) is 0. The van der Waals surface area contributed by atoms with Crippen LogP contribution in [0.4, 0.5) is 0 Å². The average molecular weight is 307 g/mol. The molecule has 0 bridgehead atoms. The van der Waals surface area contributed by atoms with Crippen molar-refractivity contribution in [2.45, 2.75) is 27.7 Å². The predicted octanol–water partition coefficient (Wildman–Crippen LogP) is 2.70. The molecule has 1 heteroatoms. The first-order chi connectivity index (χ1) is 3.25. The zero-order valence-electron chi connectivity index (χ0n) is 6.73. The average Bonchev–Trinajstić information content (AvgIpc) is 1.25. The Morgan fingerprint density at radius 1 is 0.778 bits per heavy atom. The van der Waals surface area contributed by atoms with Gasteiger partial charge < -0.3 is 13.8 Å². The smallest absolute Gasteiger partial charge is 0.340 e. The normalized spacial score (nSPS) is 12.7. The second kappa shape index (κ2) is 3.19. The van der Waals surface area contributed by atoms with Crippen LogP contribution in [0.1, 0.15) is 27.7 Å². The van der Waals surface area contributed by atoms with E-state index in [-0.39, 0.29) is 31.9 Å². The SMILES string of the molecule is [CH2-]C(C)(C)C([CH2-])(C)C.[Pt+2]. The Kier molecular flexibility index (Phi) is 4.39. The van der Waals surface area contributed by atoms with Gasteiger partial charge in [-0.2, -0.15) is 10.8 Å². The van der Waals surface area contributed by atoms with Crippen molar-refractivity contribution >= 4 is 0 Å². The maximum atomic E-state index is 3.98. The summed E-state index contributed by atoms with van der Waals surface area (Å²) in [6.07, 6.45) is 0. The monoisotopic (exact) mass is 307 g/mol. The summed E-state index contributed by atoms with van der Waals surface area (Å²) < 4.78 is 0. The Labute approximate surface area is 73.7 Å². The van der Waals surface area contributed by atoms with Crippen molar-refractivity contribution in [1.29, 1.82) is 0 Å². The molecule has 0 aliphatic rings. The molecule has 0 unspecified atom stereocenters. The summed E-state index contributed by atoms with van der Waals surface area (Å²) in [5, 5.41) is 0. The molecule has 0 aliphatic heterocycles. The second-order valence-electron chi connectivity index (χ2n) is 3.77. The largest absolute Gasteiger partial charge is 2.00 e. The van der Waals surface area contributed by atoms with Crippen molar-refractivity contribution in [3.8, 4) is 0 Å². The van der Waals surface area contributed by atoms with Gasteiger partial charge in [0.1, 0.15) is 0 Å². The van der Waals surface area contributed by atoms with E-state index in [1.807, 2.05) is 0 Å². The minimum Gasteiger partial charge on any atom is -0.340 e. The van der Waals surface area contributed by atoms with Crippen LogP contribution in [0.25, 0.3) is 0 Å². The van der Waals surface area contributed by atoms with E-state index in [4.69, 9.17) is 0 Å². The summed E-state index contributed by atoms with van der Waals surface area (Å²) >= 11 is 0. The third-order valence-corrected chi connectivity index (χ3v) is 1.83. The van der Waals surface area contributed by atoms with Crippen LogP contribution in [-0.2, 0) is 21.1 Å². The van der Waals surface area contributed by atoms with E-state index >= 15 is 0 Å². The Hall–Kier alpha value is 0.688. The van der Waals surface area contributed by atoms with E-state index < -0.39 is 0 Å². The van der Waals surface area contributed by atoms with Crippen molar-refractivity contribution in [3.05, 3.63) is 13.8 Å². The molecule has 0 aromatic carbocycles. The van der Waals surface area contributed by atoms with Crippen molar-refractivity contribution in [1.82, 2.24) is 0 Å². The fourth-order valence-corrected chi connectivity index (χ4v) is 0. The molecule has 0 aromatic heterocycles. The Morgan fingerprint density at radius 2 is 0.889 bits per heavy atom. The molecule has 0 fully saturated rings. The van der Waals surface area contributed by atoms with E-state index in [2.05, 4.69) is 41.5 Å². The molecule has 0 N–H and O–H groups in total. The summed E-state index contributed by atoms with van der Waals surface area (Å²) in [4.78, 5) is 0. The van der Waals surface area contributed by atoms with Crippen molar-refractivity contribution in [3.63, 3.8) is 0 Å². The van der Waals surface area contributed by atoms with Gasteiger partial charge in [0.25, 0.3) is 0 Å². The fraction of sp³-hybridized carbons (Fsp3) is 0.750. The zero-order valence-corrected chi connectivity index (χ0v) is 9.00. The van der Waals surface area contributed by atoms with Crippen LogP contribution in [0.2, 0.25) is 0 Å². The van der Waals surface area contributed by atoms with Crippen molar-refractivity contribution in [2.75, 3.05) is 0 Å². The number of hydrogen-bond acceptors (Lipinski definition) is 0. The molecule has 0 spiro atoms. The Morgan fingerprint density at radius 3 is 0.889 bits per heavy atom. The molecule has 0 aliphatic carbocycles. The van der Waals surface area contributed by atoms with Crippen LogP contribution in [0, 0.1) is 24.7 Å². The molecule has 0 heterocycles. The molecule has 0 amide bonds. The number of hydrogen-bond donors (Lipinski definition) is 0. The minimum atomic E-state index is 0. The first-order valence-corrected chi connectivity index (χ1v) is 2.96. The van der Waals surface area contributed by atoms with Gasteiger partial charge >= 0.3 is 21.1 Å². The molecule has 0 aromatic rings. The van der Waals surface area contributed by atoms with E-state index in [1.165, 1.54) is 0 Å². The quantitative estimate of drug-likeness (QED) is 0.654. The maximum Gasteiger partial charge on any atom is 2.00 e. The van der Waals surface area contributed by atoms with Crippen molar-refractivity contribution in [2.24, 2.45) is 10.8 Å². The van der Waals surface area contributed by atoms with Crippen LogP contribution >= 0.6 is 0 Å². The molecule has 0 saturated heterocycles. The molecule has 0 rings (SSSR count). The summed E-state index contributed by atoms with van der Waals surface area (Å²) in [5.41, 5.74) is 0.153. The zero-order chi connectivity index (χ0) is 7.00. The first-order valence-electron chi connectivity index (χ1n) is 2.96. The van der Waals surface area contributed by atoms with Gasteiger partial charge in [-0.3, -0.25) is 0 Å². The van der Waals surface area contributed by atoms with Gasteiger partial charge in [-0.15, -0.1) is 0 Å². The predicted molar refractivity (Wildman–Crippen MR) is 38.3 cm³/mol. The van der Waals surface area contributed by atoms with Crippen LogP contribution in [0.5, 0.6) is 0 Å². The molecule has 0 nitrogen and oxygen atoms in total. The van der Waals surface area contributed by atoms with E-state index in [9.17, 15) is 0 Å². The van der Waals surface area contributed by atoms with Gasteiger partial charge in [0, 0.05) is 0 Å². The molecule has 58 valence electrons. The van der Waals surface area contributed by atoms with Gasteiger partial charge in [0.15, 0.2) is 0 Å². The van der Waals surface area contributed by atoms with Crippen molar-refractivity contribution < 1.29 is 21.1 Å². The standard InChI is InChI=1S/C8H16.Pt/c1-7(2,3)8(4,5)6;/h1,4H2,2-3,5-6H3;/q-2;+2. The van der Waals surface area contributed by atoms with Crippen LogP contribution in [0.3, 0.4) is 0 Å². The number of rotatable bonds is 1. The molecular weight excluding hydrogens is 291 g/mol. The third-order valence-electron chi connectivity index (χ3n) is 1.83. The van der Waals surface area contributed by atoms with Gasteiger partial charge in [-0.25, -0.2) is 0 Å². The van der Waals surface area contributed by atoms with E-state index in [0.717, 1.165) is 0 Å². The third kappa shape index (κ3) is 4.14. The minimum absolute atomic E-state index is 0. The first kappa shape index (κ1) is 12.4. The molecule has 0 atom stereocenters. The molecule has 9 heavy (non-hydrogen) atoms. The van der Waals surface area contributed by atoms with Gasteiger partial charge in [-0.05, 0) is 0 Å². The molecular formula is C8H16Pt. The topological polar surface area (TPSA) is 0 Å². The van der Waals surface area contributed by atoms with Gasteiger partial charge in [0.05, 0.1) is 0 Å². The van der Waals surface area contributed by atoms with Crippen LogP contribution < -0.4 is 0 Å². The van der Waals surface area contributed by atoms with Gasteiger partial charge in [0.2, 0.25) is 0 Å². The molecule has 0 radical (unpaired) electrons. The van der Waals surface area contributed by atoms with E-state index in [0.29, 0.717) is 0 Å². The Balaban J connectivity index is 0. The van der Waals surface area contributed by atoms with Crippen LogP contribution in [0.15, 0.2) is 0 Å². The van der Waals surface area contributed by atoms with Gasteiger partial charge in [-0.1, -0.05) is 27.7 Å². The Bertz CT molecular complexity index is 59.5. The molecule has 0 saturated carbocycles. The summed E-state index contributed by atoms with van der Waals surface area (Å²) in [6.45, 7) is 16.3. The fourth-order valence-electron chi connectivity index (χ4n) is 0. The van der Waals surface area contributed by atoms with Crippen LogP contribution in [-0.4, -0.2) is 0 Å². The van der Waals surface area contributed by atoms with E-state index in [1.54, 1.807) is 0 Å². The second-order valence-corrected chi connectivity index (χ2v) is 3.77. The summed E-state index contributed by atoms with van der Waals surface area (Å²) in [6, 6.07) is 0.